The zero-order valence-corrected chi connectivity index (χ0v) is 18.3. The van der Waals surface area contributed by atoms with Crippen LogP contribution in [0.4, 0.5) is 0 Å². The molecule has 3 rings (SSSR count). The van der Waals surface area contributed by atoms with Gasteiger partial charge in [0.1, 0.15) is 5.78 Å². The first-order valence-electron chi connectivity index (χ1n) is 12.0. The number of amides is 1. The molecule has 0 bridgehead atoms. The van der Waals surface area contributed by atoms with Gasteiger partial charge in [0, 0.05) is 24.9 Å². The van der Waals surface area contributed by atoms with E-state index in [-0.39, 0.29) is 11.8 Å². The number of unbranched alkanes of at least 4 members (excludes halogenated alkanes) is 1. The summed E-state index contributed by atoms with van der Waals surface area (Å²) in [4.78, 5) is 29.1. The first-order chi connectivity index (χ1) is 13.5. The molecule has 2 heterocycles. The Morgan fingerprint density at radius 3 is 2.00 bits per heavy atom. The molecule has 3 aliphatic rings. The molecule has 0 aromatic heterocycles. The first kappa shape index (κ1) is 21.8. The molecular formula is C24H42N2O2. The molecule has 1 aliphatic carbocycles. The molecule has 160 valence electrons. The van der Waals surface area contributed by atoms with Gasteiger partial charge in [-0.25, -0.2) is 0 Å². The molecule has 0 atom stereocenters. The van der Waals surface area contributed by atoms with E-state index in [1.807, 2.05) is 0 Å². The number of hydrogen-bond donors (Lipinski definition) is 0. The van der Waals surface area contributed by atoms with E-state index in [4.69, 9.17) is 0 Å². The van der Waals surface area contributed by atoms with Crippen LogP contribution in [-0.4, -0.2) is 54.2 Å². The maximum atomic E-state index is 12.8. The number of carbonyl (C=O) groups excluding carboxylic acids is 2. The average Bonchev–Trinajstić information content (AvgIpc) is 2.72. The summed E-state index contributed by atoms with van der Waals surface area (Å²) in [6.45, 7) is 9.88. The van der Waals surface area contributed by atoms with E-state index >= 15 is 0 Å². The predicted octanol–water partition coefficient (Wildman–Crippen LogP) is 4.52. The quantitative estimate of drug-likeness (QED) is 0.600. The second-order valence-corrected chi connectivity index (χ2v) is 9.95. The van der Waals surface area contributed by atoms with Crippen molar-refractivity contribution in [2.24, 2.45) is 23.7 Å². The lowest BCUT2D eigenvalue weighted by atomic mass is 9.79. The van der Waals surface area contributed by atoms with Crippen molar-refractivity contribution in [3.63, 3.8) is 0 Å². The smallest absolute Gasteiger partial charge is 0.225 e. The lowest BCUT2D eigenvalue weighted by Gasteiger charge is -2.36. The molecule has 2 aliphatic heterocycles. The van der Waals surface area contributed by atoms with Crippen molar-refractivity contribution < 1.29 is 9.59 Å². The van der Waals surface area contributed by atoms with Gasteiger partial charge in [-0.1, -0.05) is 19.8 Å². The van der Waals surface area contributed by atoms with Crippen LogP contribution >= 0.6 is 0 Å². The molecule has 0 radical (unpaired) electrons. The molecule has 0 aromatic rings. The number of nitrogens with zero attached hydrogens (tertiary/aromatic N) is 2. The van der Waals surface area contributed by atoms with Crippen molar-refractivity contribution in [2.45, 2.75) is 84.5 Å². The van der Waals surface area contributed by atoms with E-state index in [9.17, 15) is 9.59 Å². The minimum atomic E-state index is 0.180. The summed E-state index contributed by atoms with van der Waals surface area (Å²) < 4.78 is 0. The molecule has 3 fully saturated rings. The Morgan fingerprint density at radius 2 is 1.39 bits per heavy atom. The van der Waals surface area contributed by atoms with E-state index in [1.54, 1.807) is 6.92 Å². The Labute approximate surface area is 172 Å². The van der Waals surface area contributed by atoms with E-state index in [1.165, 1.54) is 64.6 Å². The zero-order valence-electron chi connectivity index (χ0n) is 18.3. The highest BCUT2D eigenvalue weighted by Gasteiger charge is 2.32. The van der Waals surface area contributed by atoms with Gasteiger partial charge in [-0.05, 0) is 96.2 Å². The third-order valence-corrected chi connectivity index (χ3v) is 7.79. The average molecular weight is 391 g/mol. The van der Waals surface area contributed by atoms with Crippen LogP contribution < -0.4 is 0 Å². The molecule has 0 aromatic carbocycles. The minimum absolute atomic E-state index is 0.180. The zero-order chi connectivity index (χ0) is 19.9. The molecule has 4 heteroatoms. The minimum Gasteiger partial charge on any atom is -0.342 e. The van der Waals surface area contributed by atoms with Crippen molar-refractivity contribution >= 4 is 11.7 Å². The Kier molecular flexibility index (Phi) is 8.37. The van der Waals surface area contributed by atoms with Crippen LogP contribution in [0.2, 0.25) is 0 Å². The maximum absolute atomic E-state index is 12.8. The van der Waals surface area contributed by atoms with E-state index in [0.717, 1.165) is 50.6 Å². The molecule has 28 heavy (non-hydrogen) atoms. The van der Waals surface area contributed by atoms with Crippen molar-refractivity contribution in [3.05, 3.63) is 0 Å². The van der Waals surface area contributed by atoms with E-state index in [2.05, 4.69) is 16.7 Å². The van der Waals surface area contributed by atoms with Gasteiger partial charge in [0.15, 0.2) is 0 Å². The molecule has 0 unspecified atom stereocenters. The highest BCUT2D eigenvalue weighted by molar-refractivity contribution is 5.81. The van der Waals surface area contributed by atoms with E-state index < -0.39 is 0 Å². The van der Waals surface area contributed by atoms with Gasteiger partial charge in [-0.15, -0.1) is 0 Å². The fraction of sp³-hybridized carbons (Fsp3) is 0.917. The van der Waals surface area contributed by atoms with Crippen LogP contribution in [0, 0.1) is 23.7 Å². The monoisotopic (exact) mass is 390 g/mol. The van der Waals surface area contributed by atoms with Crippen LogP contribution in [0.15, 0.2) is 0 Å². The van der Waals surface area contributed by atoms with Gasteiger partial charge < -0.3 is 9.80 Å². The largest absolute Gasteiger partial charge is 0.342 e. The van der Waals surface area contributed by atoms with Crippen molar-refractivity contribution in [1.82, 2.24) is 9.80 Å². The van der Waals surface area contributed by atoms with Crippen LogP contribution in [0.25, 0.3) is 0 Å². The van der Waals surface area contributed by atoms with Crippen molar-refractivity contribution in [3.8, 4) is 0 Å². The summed E-state index contributed by atoms with van der Waals surface area (Å²) >= 11 is 0. The lowest BCUT2D eigenvalue weighted by molar-refractivity contribution is -0.139. The molecule has 1 amide bonds. The highest BCUT2D eigenvalue weighted by Crippen LogP contribution is 2.32. The number of ketones is 1. The molecular weight excluding hydrogens is 348 g/mol. The summed E-state index contributed by atoms with van der Waals surface area (Å²) in [5.74, 6) is 2.82. The normalized spacial score (nSPS) is 28.4. The van der Waals surface area contributed by atoms with Gasteiger partial charge in [0.25, 0.3) is 0 Å². The van der Waals surface area contributed by atoms with Crippen molar-refractivity contribution in [1.29, 1.82) is 0 Å². The summed E-state index contributed by atoms with van der Waals surface area (Å²) in [7, 11) is 0. The van der Waals surface area contributed by atoms with Gasteiger partial charge in [-0.3, -0.25) is 9.59 Å². The van der Waals surface area contributed by atoms with Crippen molar-refractivity contribution in [2.75, 3.05) is 32.7 Å². The summed E-state index contributed by atoms with van der Waals surface area (Å²) in [6.07, 6.45) is 12.8. The number of hydrogen-bond acceptors (Lipinski definition) is 3. The summed E-state index contributed by atoms with van der Waals surface area (Å²) in [6, 6.07) is 0. The maximum Gasteiger partial charge on any atom is 0.225 e. The number of likely N-dealkylation sites (tertiary alicyclic amines) is 2. The van der Waals surface area contributed by atoms with Gasteiger partial charge in [0.05, 0.1) is 0 Å². The Morgan fingerprint density at radius 1 is 0.786 bits per heavy atom. The van der Waals surface area contributed by atoms with Gasteiger partial charge in [0.2, 0.25) is 5.91 Å². The molecule has 2 saturated heterocycles. The van der Waals surface area contributed by atoms with Crippen LogP contribution in [-0.2, 0) is 9.59 Å². The topological polar surface area (TPSA) is 40.6 Å². The standard InChI is InChI=1S/C24H42N2O2/c1-19-10-15-25(16-11-19)14-4-3-5-21-12-17-26(18-13-21)24(28)23-8-6-22(7-9-23)20(2)27/h19,21-23H,3-18H2,1-2H3. The fourth-order valence-electron chi connectivity index (χ4n) is 5.50. The number of carbonyl (C=O) groups is 2. The van der Waals surface area contributed by atoms with Crippen LogP contribution in [0.5, 0.6) is 0 Å². The summed E-state index contributed by atoms with van der Waals surface area (Å²) in [5, 5.41) is 0. The Hall–Kier alpha value is -0.900. The number of Topliss-reactive ketones (excluding diaryl/α,β-unsaturated/α-hetero) is 1. The third kappa shape index (κ3) is 6.30. The molecule has 0 N–H and O–H groups in total. The van der Waals surface area contributed by atoms with Gasteiger partial charge >= 0.3 is 0 Å². The second-order valence-electron chi connectivity index (χ2n) is 9.95. The van der Waals surface area contributed by atoms with E-state index in [0.29, 0.717) is 11.7 Å². The van der Waals surface area contributed by atoms with Crippen LogP contribution in [0.3, 0.4) is 0 Å². The molecule has 4 nitrogen and oxygen atoms in total. The molecule has 0 spiro atoms. The Balaban J connectivity index is 1.27. The predicted molar refractivity (Wildman–Crippen MR) is 114 cm³/mol. The van der Waals surface area contributed by atoms with Gasteiger partial charge in [-0.2, -0.15) is 0 Å². The second kappa shape index (κ2) is 10.8. The lowest BCUT2D eigenvalue weighted by Crippen LogP contribution is -2.43. The fourth-order valence-corrected chi connectivity index (χ4v) is 5.50. The molecule has 1 saturated carbocycles. The first-order valence-corrected chi connectivity index (χ1v) is 12.0. The summed E-state index contributed by atoms with van der Waals surface area (Å²) in [5.41, 5.74) is 0. The third-order valence-electron chi connectivity index (χ3n) is 7.79. The SMILES string of the molecule is CC(=O)C1CCC(C(=O)N2CCC(CCCCN3CCC(C)CC3)CC2)CC1. The number of piperidine rings is 2. The van der Waals surface area contributed by atoms with Crippen LogP contribution in [0.1, 0.15) is 84.5 Å². The Bertz CT molecular complexity index is 497. The highest BCUT2D eigenvalue weighted by atomic mass is 16.2. The number of rotatable bonds is 7.